The van der Waals surface area contributed by atoms with E-state index >= 15 is 0 Å². The highest BCUT2D eigenvalue weighted by Gasteiger charge is 2.30. The molecule has 0 aromatic heterocycles. The molecule has 0 saturated heterocycles. The van der Waals surface area contributed by atoms with E-state index in [-0.39, 0.29) is 34.9 Å². The molecular formula is C20H20F3NO6. The Labute approximate surface area is 170 Å². The van der Waals surface area contributed by atoms with Crippen molar-refractivity contribution in [3.63, 3.8) is 0 Å². The summed E-state index contributed by atoms with van der Waals surface area (Å²) in [4.78, 5) is 24.1. The topological polar surface area (TPSA) is 83.1 Å². The van der Waals surface area contributed by atoms with E-state index in [0.29, 0.717) is 0 Å². The molecule has 0 radical (unpaired) electrons. The Hall–Kier alpha value is -3.43. The first kappa shape index (κ1) is 22.9. The van der Waals surface area contributed by atoms with Crippen molar-refractivity contribution in [1.82, 2.24) is 5.32 Å². The minimum absolute atomic E-state index is 0.0650. The van der Waals surface area contributed by atoms with Crippen molar-refractivity contribution < 1.29 is 41.7 Å². The number of hydrogen-bond donors (Lipinski definition) is 1. The van der Waals surface area contributed by atoms with E-state index in [0.717, 1.165) is 12.1 Å². The second-order valence-corrected chi connectivity index (χ2v) is 5.97. The normalized spacial score (nSPS) is 10.9. The van der Waals surface area contributed by atoms with Crippen molar-refractivity contribution in [2.24, 2.45) is 0 Å². The maximum atomic E-state index is 12.7. The number of carbonyl (C=O) groups excluding carboxylic acids is 2. The first-order valence-electron chi connectivity index (χ1n) is 8.59. The van der Waals surface area contributed by atoms with E-state index in [1.165, 1.54) is 45.6 Å². The molecule has 2 aromatic carbocycles. The van der Waals surface area contributed by atoms with E-state index in [2.05, 4.69) is 5.32 Å². The minimum Gasteiger partial charge on any atom is -0.493 e. The van der Waals surface area contributed by atoms with Gasteiger partial charge in [-0.05, 0) is 29.8 Å². The summed E-state index contributed by atoms with van der Waals surface area (Å²) in [6.45, 7) is -0.765. The number of carbonyl (C=O) groups is 2. The Kier molecular flexibility index (Phi) is 7.51. The van der Waals surface area contributed by atoms with E-state index in [9.17, 15) is 22.8 Å². The lowest BCUT2D eigenvalue weighted by atomic mass is 10.1. The molecule has 0 heterocycles. The zero-order chi connectivity index (χ0) is 22.3. The molecule has 1 N–H and O–H groups in total. The number of alkyl halides is 3. The van der Waals surface area contributed by atoms with E-state index in [1.54, 1.807) is 0 Å². The molecule has 2 rings (SSSR count). The van der Waals surface area contributed by atoms with Crippen molar-refractivity contribution in [3.05, 3.63) is 53.1 Å². The summed E-state index contributed by atoms with van der Waals surface area (Å²) < 4.78 is 58.6. The average Bonchev–Trinajstić information content (AvgIpc) is 2.74. The highest BCUT2D eigenvalue weighted by Crippen LogP contribution is 2.38. The summed E-state index contributed by atoms with van der Waals surface area (Å²) in [6.07, 6.45) is -4.48. The Morgan fingerprint density at radius 2 is 1.60 bits per heavy atom. The second kappa shape index (κ2) is 9.86. The zero-order valence-corrected chi connectivity index (χ0v) is 16.5. The molecule has 2 aromatic rings. The highest BCUT2D eigenvalue weighted by atomic mass is 19.4. The summed E-state index contributed by atoms with van der Waals surface area (Å²) in [5, 5.41) is 2.39. The number of halogens is 3. The molecule has 7 nitrogen and oxygen atoms in total. The number of amides is 1. The van der Waals surface area contributed by atoms with Gasteiger partial charge in [-0.2, -0.15) is 13.2 Å². The SMILES string of the molecule is COc1cc(C(=O)OCC(=O)NCc2cccc(C(F)(F)F)c2)cc(OC)c1OC. The van der Waals surface area contributed by atoms with Crippen molar-refractivity contribution in [2.45, 2.75) is 12.7 Å². The lowest BCUT2D eigenvalue weighted by molar-refractivity contribution is -0.137. The first-order valence-corrected chi connectivity index (χ1v) is 8.59. The molecule has 30 heavy (non-hydrogen) atoms. The number of esters is 1. The van der Waals surface area contributed by atoms with Gasteiger partial charge in [-0.15, -0.1) is 0 Å². The number of hydrogen-bond acceptors (Lipinski definition) is 6. The van der Waals surface area contributed by atoms with Gasteiger partial charge in [-0.3, -0.25) is 4.79 Å². The molecule has 0 bridgehead atoms. The molecule has 1 amide bonds. The maximum absolute atomic E-state index is 12.7. The number of ether oxygens (including phenoxy) is 4. The van der Waals surface area contributed by atoms with Gasteiger partial charge in [0, 0.05) is 6.54 Å². The standard InChI is InChI=1S/C20H20F3NO6/c1-27-15-8-13(9-16(28-2)18(15)29-3)19(26)30-11-17(25)24-10-12-5-4-6-14(7-12)20(21,22)23/h4-9H,10-11H2,1-3H3,(H,24,25). The highest BCUT2D eigenvalue weighted by molar-refractivity contribution is 5.92. The molecule has 0 saturated carbocycles. The molecule has 0 spiro atoms. The van der Waals surface area contributed by atoms with Crippen LogP contribution in [0.2, 0.25) is 0 Å². The molecule has 0 fully saturated rings. The largest absolute Gasteiger partial charge is 0.493 e. The Morgan fingerprint density at radius 1 is 0.967 bits per heavy atom. The Bertz CT molecular complexity index is 889. The minimum atomic E-state index is -4.48. The number of rotatable bonds is 8. The van der Waals surface area contributed by atoms with Gasteiger partial charge >= 0.3 is 12.1 Å². The Balaban J connectivity index is 1.96. The van der Waals surface area contributed by atoms with Gasteiger partial charge in [0.25, 0.3) is 5.91 Å². The third-order valence-corrected chi connectivity index (χ3v) is 3.98. The molecule has 0 unspecified atom stereocenters. The van der Waals surface area contributed by atoms with Crippen LogP contribution >= 0.6 is 0 Å². The van der Waals surface area contributed by atoms with E-state index < -0.39 is 30.2 Å². The van der Waals surface area contributed by atoms with E-state index in [4.69, 9.17) is 18.9 Å². The molecule has 0 atom stereocenters. The average molecular weight is 427 g/mol. The van der Waals surface area contributed by atoms with Crippen LogP contribution in [0.15, 0.2) is 36.4 Å². The fourth-order valence-electron chi connectivity index (χ4n) is 2.52. The van der Waals surface area contributed by atoms with Gasteiger partial charge in [-0.1, -0.05) is 12.1 Å². The number of methoxy groups -OCH3 is 3. The zero-order valence-electron chi connectivity index (χ0n) is 16.5. The van der Waals surface area contributed by atoms with Gasteiger partial charge in [0.05, 0.1) is 32.5 Å². The number of benzene rings is 2. The predicted molar refractivity (Wildman–Crippen MR) is 99.7 cm³/mol. The monoisotopic (exact) mass is 427 g/mol. The third kappa shape index (κ3) is 5.79. The second-order valence-electron chi connectivity index (χ2n) is 5.97. The van der Waals surface area contributed by atoms with Crippen LogP contribution in [0.1, 0.15) is 21.5 Å². The van der Waals surface area contributed by atoms with Gasteiger partial charge in [0.15, 0.2) is 18.1 Å². The van der Waals surface area contributed by atoms with Crippen LogP contribution in [0.25, 0.3) is 0 Å². The van der Waals surface area contributed by atoms with E-state index in [1.807, 2.05) is 0 Å². The van der Waals surface area contributed by atoms with Gasteiger partial charge < -0.3 is 24.3 Å². The van der Waals surface area contributed by atoms with Crippen LogP contribution in [-0.4, -0.2) is 39.8 Å². The summed E-state index contributed by atoms with van der Waals surface area (Å²) in [5.41, 5.74) is -0.493. The quantitative estimate of drug-likeness (QED) is 0.652. The summed E-state index contributed by atoms with van der Waals surface area (Å²) in [5.74, 6) is -0.734. The van der Waals surface area contributed by atoms with Crippen molar-refractivity contribution in [3.8, 4) is 17.2 Å². The smallest absolute Gasteiger partial charge is 0.416 e. The van der Waals surface area contributed by atoms with Gasteiger partial charge in [0.2, 0.25) is 5.75 Å². The molecule has 0 aliphatic rings. The van der Waals surface area contributed by atoms with Crippen LogP contribution in [0.5, 0.6) is 17.2 Å². The number of nitrogens with one attached hydrogen (secondary N) is 1. The van der Waals surface area contributed by atoms with Crippen molar-refractivity contribution in [2.75, 3.05) is 27.9 Å². The third-order valence-electron chi connectivity index (χ3n) is 3.98. The van der Waals surface area contributed by atoms with Crippen molar-refractivity contribution in [1.29, 1.82) is 0 Å². The van der Waals surface area contributed by atoms with Crippen LogP contribution in [0.4, 0.5) is 13.2 Å². The summed E-state index contributed by atoms with van der Waals surface area (Å²) in [6, 6.07) is 7.29. The van der Waals surface area contributed by atoms with Gasteiger partial charge in [0.1, 0.15) is 0 Å². The predicted octanol–water partition coefficient (Wildman–Crippen LogP) is 3.20. The molecular weight excluding hydrogens is 407 g/mol. The Morgan fingerprint density at radius 3 is 2.13 bits per heavy atom. The van der Waals surface area contributed by atoms with Crippen molar-refractivity contribution >= 4 is 11.9 Å². The first-order chi connectivity index (χ1) is 14.2. The maximum Gasteiger partial charge on any atom is 0.416 e. The van der Waals surface area contributed by atoms with Gasteiger partial charge in [-0.25, -0.2) is 4.79 Å². The molecule has 10 heteroatoms. The fourth-order valence-corrected chi connectivity index (χ4v) is 2.52. The molecule has 0 aliphatic carbocycles. The van der Waals surface area contributed by atoms with Crippen LogP contribution in [0, 0.1) is 0 Å². The lowest BCUT2D eigenvalue weighted by Crippen LogP contribution is -2.28. The fraction of sp³-hybridized carbons (Fsp3) is 0.300. The summed E-state index contributed by atoms with van der Waals surface area (Å²) in [7, 11) is 4.17. The summed E-state index contributed by atoms with van der Waals surface area (Å²) >= 11 is 0. The van der Waals surface area contributed by atoms with Crippen LogP contribution < -0.4 is 19.5 Å². The van der Waals surface area contributed by atoms with Crippen LogP contribution in [0.3, 0.4) is 0 Å². The lowest BCUT2D eigenvalue weighted by Gasteiger charge is -2.14. The van der Waals surface area contributed by atoms with Crippen LogP contribution in [-0.2, 0) is 22.3 Å². The molecule has 0 aliphatic heterocycles. The molecule has 162 valence electrons.